The predicted molar refractivity (Wildman–Crippen MR) is 82.6 cm³/mol. The lowest BCUT2D eigenvalue weighted by molar-refractivity contribution is 0.0892. The summed E-state index contributed by atoms with van der Waals surface area (Å²) in [7, 11) is 1.67. The van der Waals surface area contributed by atoms with Gasteiger partial charge in [0.15, 0.2) is 0 Å². The van der Waals surface area contributed by atoms with Gasteiger partial charge in [0.05, 0.1) is 23.8 Å². The Kier molecular flexibility index (Phi) is 6.63. The Morgan fingerprint density at radius 2 is 2.19 bits per heavy atom. The molecular formula is C15H20ClN3O2. The number of carbonyl (C=O) groups is 1. The van der Waals surface area contributed by atoms with Crippen molar-refractivity contribution in [3.05, 3.63) is 35.4 Å². The SMILES string of the molecule is COCC1(CNC(=O)c2ccc(C#N)cc2)CCCN1.Cl. The average molecular weight is 310 g/mol. The van der Waals surface area contributed by atoms with Crippen molar-refractivity contribution in [2.45, 2.75) is 18.4 Å². The second kappa shape index (κ2) is 7.99. The molecule has 0 aliphatic carbocycles. The van der Waals surface area contributed by atoms with Gasteiger partial charge in [0.25, 0.3) is 5.91 Å². The summed E-state index contributed by atoms with van der Waals surface area (Å²) in [5.74, 6) is -0.126. The van der Waals surface area contributed by atoms with Crippen molar-refractivity contribution in [2.75, 3.05) is 26.8 Å². The minimum absolute atomic E-state index is 0. The molecule has 1 fully saturated rings. The Morgan fingerprint density at radius 1 is 1.48 bits per heavy atom. The normalized spacial score (nSPS) is 20.4. The molecule has 0 saturated carbocycles. The quantitative estimate of drug-likeness (QED) is 0.864. The predicted octanol–water partition coefficient (Wildman–Crippen LogP) is 1.48. The van der Waals surface area contributed by atoms with Crippen molar-refractivity contribution >= 4 is 18.3 Å². The van der Waals surface area contributed by atoms with Gasteiger partial charge in [-0.2, -0.15) is 5.26 Å². The highest BCUT2D eigenvalue weighted by Crippen LogP contribution is 2.19. The summed E-state index contributed by atoms with van der Waals surface area (Å²) in [5.41, 5.74) is 0.959. The van der Waals surface area contributed by atoms with Crippen LogP contribution in [0.15, 0.2) is 24.3 Å². The second-order valence-electron chi connectivity index (χ2n) is 5.12. The van der Waals surface area contributed by atoms with E-state index in [2.05, 4.69) is 10.6 Å². The molecule has 6 heteroatoms. The Balaban J connectivity index is 0.00000220. The van der Waals surface area contributed by atoms with Crippen LogP contribution in [0, 0.1) is 11.3 Å². The fourth-order valence-corrected chi connectivity index (χ4v) is 2.52. The molecule has 2 N–H and O–H groups in total. The van der Waals surface area contributed by atoms with E-state index < -0.39 is 0 Å². The highest BCUT2D eigenvalue weighted by molar-refractivity contribution is 5.94. The summed E-state index contributed by atoms with van der Waals surface area (Å²) in [4.78, 5) is 12.1. The van der Waals surface area contributed by atoms with E-state index in [-0.39, 0.29) is 23.9 Å². The highest BCUT2D eigenvalue weighted by Gasteiger charge is 2.33. The van der Waals surface area contributed by atoms with Gasteiger partial charge in [0.2, 0.25) is 0 Å². The van der Waals surface area contributed by atoms with E-state index in [4.69, 9.17) is 10.00 Å². The van der Waals surface area contributed by atoms with Crippen LogP contribution in [0.25, 0.3) is 0 Å². The monoisotopic (exact) mass is 309 g/mol. The molecule has 1 unspecified atom stereocenters. The van der Waals surface area contributed by atoms with E-state index in [9.17, 15) is 4.79 Å². The van der Waals surface area contributed by atoms with Gasteiger partial charge in [0.1, 0.15) is 0 Å². The summed E-state index contributed by atoms with van der Waals surface area (Å²) < 4.78 is 5.25. The van der Waals surface area contributed by atoms with Crippen molar-refractivity contribution in [1.82, 2.24) is 10.6 Å². The van der Waals surface area contributed by atoms with Gasteiger partial charge in [-0.25, -0.2) is 0 Å². The minimum atomic E-state index is -0.156. The first-order chi connectivity index (χ1) is 9.69. The second-order valence-corrected chi connectivity index (χ2v) is 5.12. The molecule has 2 rings (SSSR count). The number of rotatable bonds is 5. The lowest BCUT2D eigenvalue weighted by atomic mass is 9.98. The number of nitrogens with zero attached hydrogens (tertiary/aromatic N) is 1. The zero-order chi connectivity index (χ0) is 14.4. The molecule has 5 nitrogen and oxygen atoms in total. The zero-order valence-electron chi connectivity index (χ0n) is 12.0. The number of carbonyl (C=O) groups excluding carboxylic acids is 1. The molecule has 1 aromatic rings. The summed E-state index contributed by atoms with van der Waals surface area (Å²) in [6.07, 6.45) is 2.09. The molecule has 1 heterocycles. The van der Waals surface area contributed by atoms with Crippen molar-refractivity contribution in [1.29, 1.82) is 5.26 Å². The van der Waals surface area contributed by atoms with E-state index in [1.54, 1.807) is 31.4 Å². The Bertz CT molecular complexity index is 505. The number of ether oxygens (including phenoxy) is 1. The Morgan fingerprint density at radius 3 is 2.71 bits per heavy atom. The van der Waals surface area contributed by atoms with Crippen molar-refractivity contribution < 1.29 is 9.53 Å². The lowest BCUT2D eigenvalue weighted by Crippen LogP contribution is -2.52. The number of hydrogen-bond acceptors (Lipinski definition) is 4. The van der Waals surface area contributed by atoms with E-state index in [0.717, 1.165) is 19.4 Å². The maximum Gasteiger partial charge on any atom is 0.251 e. The van der Waals surface area contributed by atoms with Gasteiger partial charge in [-0.05, 0) is 43.7 Å². The van der Waals surface area contributed by atoms with Gasteiger partial charge in [-0.1, -0.05) is 0 Å². The van der Waals surface area contributed by atoms with Crippen LogP contribution in [0.4, 0.5) is 0 Å². The number of methoxy groups -OCH3 is 1. The third-order valence-electron chi connectivity index (χ3n) is 3.62. The number of nitriles is 1. The molecule has 1 aromatic carbocycles. The Hall–Kier alpha value is -1.61. The molecule has 1 atom stereocenters. The van der Waals surface area contributed by atoms with Crippen LogP contribution >= 0.6 is 12.4 Å². The summed E-state index contributed by atoms with van der Waals surface area (Å²) in [5, 5.41) is 15.1. The van der Waals surface area contributed by atoms with Gasteiger partial charge >= 0.3 is 0 Å². The zero-order valence-corrected chi connectivity index (χ0v) is 12.8. The third-order valence-corrected chi connectivity index (χ3v) is 3.62. The van der Waals surface area contributed by atoms with E-state index >= 15 is 0 Å². The molecule has 21 heavy (non-hydrogen) atoms. The molecular weight excluding hydrogens is 290 g/mol. The Labute approximate surface area is 131 Å². The number of benzene rings is 1. The smallest absolute Gasteiger partial charge is 0.251 e. The maximum atomic E-state index is 12.1. The third kappa shape index (κ3) is 4.43. The van der Waals surface area contributed by atoms with Gasteiger partial charge in [-0.3, -0.25) is 4.79 Å². The fraction of sp³-hybridized carbons (Fsp3) is 0.467. The van der Waals surface area contributed by atoms with E-state index in [1.165, 1.54) is 0 Å². The minimum Gasteiger partial charge on any atom is -0.383 e. The molecule has 0 spiro atoms. The number of halogens is 1. The van der Waals surface area contributed by atoms with E-state index in [0.29, 0.717) is 24.3 Å². The summed E-state index contributed by atoms with van der Waals surface area (Å²) in [6.45, 7) is 2.08. The van der Waals surface area contributed by atoms with Gasteiger partial charge < -0.3 is 15.4 Å². The van der Waals surface area contributed by atoms with Crippen LogP contribution in [-0.2, 0) is 4.74 Å². The fourth-order valence-electron chi connectivity index (χ4n) is 2.52. The topological polar surface area (TPSA) is 74.1 Å². The summed E-state index contributed by atoms with van der Waals surface area (Å²) in [6, 6.07) is 8.66. The van der Waals surface area contributed by atoms with Crippen molar-refractivity contribution in [2.24, 2.45) is 0 Å². The van der Waals surface area contributed by atoms with Crippen molar-refractivity contribution in [3.63, 3.8) is 0 Å². The largest absolute Gasteiger partial charge is 0.383 e. The first kappa shape index (κ1) is 17.4. The molecule has 1 saturated heterocycles. The average Bonchev–Trinajstić information content (AvgIpc) is 2.94. The van der Waals surface area contributed by atoms with Gasteiger partial charge in [-0.15, -0.1) is 12.4 Å². The molecule has 0 bridgehead atoms. The van der Waals surface area contributed by atoms with Crippen LogP contribution < -0.4 is 10.6 Å². The highest BCUT2D eigenvalue weighted by atomic mass is 35.5. The molecule has 1 amide bonds. The van der Waals surface area contributed by atoms with Gasteiger partial charge in [0, 0.05) is 19.2 Å². The van der Waals surface area contributed by atoms with Crippen LogP contribution in [-0.4, -0.2) is 38.3 Å². The molecule has 1 aliphatic heterocycles. The first-order valence-corrected chi connectivity index (χ1v) is 6.71. The molecule has 0 radical (unpaired) electrons. The van der Waals surface area contributed by atoms with Crippen LogP contribution in [0.5, 0.6) is 0 Å². The number of amides is 1. The van der Waals surface area contributed by atoms with Crippen molar-refractivity contribution in [3.8, 4) is 6.07 Å². The van der Waals surface area contributed by atoms with Crippen LogP contribution in [0.2, 0.25) is 0 Å². The van der Waals surface area contributed by atoms with Crippen LogP contribution in [0.1, 0.15) is 28.8 Å². The summed E-state index contributed by atoms with van der Waals surface area (Å²) >= 11 is 0. The lowest BCUT2D eigenvalue weighted by Gasteiger charge is -2.28. The first-order valence-electron chi connectivity index (χ1n) is 6.71. The molecule has 114 valence electrons. The molecule has 1 aliphatic rings. The number of nitrogens with one attached hydrogen (secondary N) is 2. The van der Waals surface area contributed by atoms with Crippen LogP contribution in [0.3, 0.4) is 0 Å². The standard InChI is InChI=1S/C15H19N3O2.ClH/c1-20-11-15(7-2-8-18-15)10-17-14(19)13-5-3-12(9-16)4-6-13;/h3-6,18H,2,7-8,10-11H2,1H3,(H,17,19);1H. The maximum absolute atomic E-state index is 12.1. The van der Waals surface area contributed by atoms with E-state index in [1.807, 2.05) is 6.07 Å². The molecule has 0 aromatic heterocycles. The number of hydrogen-bond donors (Lipinski definition) is 2.